The summed E-state index contributed by atoms with van der Waals surface area (Å²) in [4.78, 5) is 34.7. The van der Waals surface area contributed by atoms with Crippen LogP contribution in [0.1, 0.15) is 31.9 Å². The van der Waals surface area contributed by atoms with Crippen LogP contribution in [0.5, 0.6) is 0 Å². The second-order valence-corrected chi connectivity index (χ2v) is 10.5. The number of hydrogen-bond donors (Lipinski definition) is 0. The molecule has 0 saturated carbocycles. The first-order chi connectivity index (χ1) is 19.3. The predicted octanol–water partition coefficient (Wildman–Crippen LogP) is 6.19. The molecular formula is C32H32ClFN4O2. The van der Waals surface area contributed by atoms with E-state index in [1.54, 1.807) is 39.8 Å². The molecular weight excluding hydrogens is 527 g/mol. The summed E-state index contributed by atoms with van der Waals surface area (Å²) in [5.41, 5.74) is 3.88. The molecule has 8 heteroatoms. The number of piperazine rings is 1. The summed E-state index contributed by atoms with van der Waals surface area (Å²) in [5, 5.41) is 1.05. The van der Waals surface area contributed by atoms with Crippen molar-refractivity contribution in [1.82, 2.24) is 14.5 Å². The van der Waals surface area contributed by atoms with Crippen LogP contribution in [0.25, 0.3) is 27.7 Å². The van der Waals surface area contributed by atoms with Gasteiger partial charge in [-0.1, -0.05) is 68.4 Å². The van der Waals surface area contributed by atoms with Crippen LogP contribution in [0.4, 0.5) is 10.2 Å². The van der Waals surface area contributed by atoms with E-state index in [9.17, 15) is 14.0 Å². The molecule has 0 spiro atoms. The normalized spacial score (nSPS) is 15.5. The fourth-order valence-electron chi connectivity index (χ4n) is 5.65. The number of aromatic nitrogens is 2. The summed E-state index contributed by atoms with van der Waals surface area (Å²) in [5.74, 6) is -0.0178. The van der Waals surface area contributed by atoms with Crippen LogP contribution >= 0.6 is 11.6 Å². The highest BCUT2D eigenvalue weighted by Gasteiger charge is 2.29. The smallest absolute Gasteiger partial charge is 0.350 e. The molecule has 4 aromatic rings. The van der Waals surface area contributed by atoms with Gasteiger partial charge in [0.1, 0.15) is 11.6 Å². The van der Waals surface area contributed by atoms with Gasteiger partial charge < -0.3 is 9.80 Å². The molecule has 0 radical (unpaired) electrons. The van der Waals surface area contributed by atoms with Crippen molar-refractivity contribution in [1.29, 1.82) is 0 Å². The molecule has 3 aromatic carbocycles. The minimum Gasteiger partial charge on any atom is -0.350 e. The maximum absolute atomic E-state index is 15.0. The lowest BCUT2D eigenvalue weighted by molar-refractivity contribution is -0.126. The molecule has 1 aliphatic rings. The number of anilines is 1. The second-order valence-electron chi connectivity index (χ2n) is 10.0. The maximum Gasteiger partial charge on any atom is 0.354 e. The van der Waals surface area contributed by atoms with Crippen LogP contribution in [0.3, 0.4) is 0 Å². The zero-order valence-electron chi connectivity index (χ0n) is 23.0. The monoisotopic (exact) mass is 558 g/mol. The minimum atomic E-state index is -0.420. The Labute approximate surface area is 238 Å². The molecule has 1 unspecified atom stereocenters. The van der Waals surface area contributed by atoms with Gasteiger partial charge in [-0.3, -0.25) is 9.36 Å². The van der Waals surface area contributed by atoms with Crippen molar-refractivity contribution in [3.05, 3.63) is 99.7 Å². The summed E-state index contributed by atoms with van der Waals surface area (Å²) < 4.78 is 16.6. The van der Waals surface area contributed by atoms with Crippen LogP contribution in [-0.4, -0.2) is 46.0 Å². The second kappa shape index (κ2) is 11.3. The Morgan fingerprint density at radius 2 is 1.77 bits per heavy atom. The Bertz CT molecular complexity index is 1660. The highest BCUT2D eigenvalue weighted by atomic mass is 35.5. The first kappa shape index (κ1) is 27.6. The molecule has 0 N–H and O–H groups in total. The van der Waals surface area contributed by atoms with Gasteiger partial charge in [-0.2, -0.15) is 4.98 Å². The van der Waals surface area contributed by atoms with Gasteiger partial charge in [-0.15, -0.1) is 0 Å². The van der Waals surface area contributed by atoms with Gasteiger partial charge in [0.25, 0.3) is 0 Å². The molecule has 1 aliphatic heterocycles. The van der Waals surface area contributed by atoms with Crippen molar-refractivity contribution in [2.24, 2.45) is 0 Å². The van der Waals surface area contributed by atoms with Crippen molar-refractivity contribution in [3.63, 3.8) is 0 Å². The fraction of sp³-hybridized carbons (Fsp3) is 0.281. The third-order valence-electron chi connectivity index (χ3n) is 7.70. The predicted molar refractivity (Wildman–Crippen MR) is 160 cm³/mol. The fourth-order valence-corrected chi connectivity index (χ4v) is 5.92. The van der Waals surface area contributed by atoms with E-state index in [1.165, 1.54) is 12.1 Å². The van der Waals surface area contributed by atoms with E-state index >= 15 is 0 Å². The van der Waals surface area contributed by atoms with E-state index < -0.39 is 11.5 Å². The Kier molecular flexibility index (Phi) is 7.76. The van der Waals surface area contributed by atoms with Gasteiger partial charge in [0.15, 0.2) is 0 Å². The van der Waals surface area contributed by atoms with Crippen LogP contribution < -0.4 is 10.6 Å². The number of carbonyl (C=O) groups is 1. The molecule has 0 bridgehead atoms. The number of nitrogens with zero attached hydrogens (tertiary/aromatic N) is 4. The molecule has 1 amide bonds. The van der Waals surface area contributed by atoms with Gasteiger partial charge in [0.05, 0.1) is 11.2 Å². The molecule has 0 aliphatic carbocycles. The minimum absolute atomic E-state index is 0.109. The van der Waals surface area contributed by atoms with Crippen molar-refractivity contribution < 1.29 is 9.18 Å². The number of aryl methyl sites for hydroxylation is 2. The lowest BCUT2D eigenvalue weighted by Crippen LogP contribution is -2.54. The van der Waals surface area contributed by atoms with E-state index in [2.05, 4.69) is 25.4 Å². The highest BCUT2D eigenvalue weighted by molar-refractivity contribution is 6.34. The molecule has 1 atom stereocenters. The number of benzene rings is 3. The van der Waals surface area contributed by atoms with E-state index in [0.29, 0.717) is 52.5 Å². The van der Waals surface area contributed by atoms with Gasteiger partial charge in [-0.05, 0) is 55.2 Å². The standard InChI is InChI=1S/C32H32ClFN4O2/c1-5-21-11-10-12-22(6-2)30(21)38-28-18-24(23-13-8-9-14-27(23)34)26(33)17-25(28)31(35-32(38)40)37-16-15-36(19-20(37)4)29(39)7-3/h7-14,17-18,20H,3,5-6,15-16,19H2,1-2,4H3. The molecule has 6 nitrogen and oxygen atoms in total. The number of rotatable bonds is 6. The van der Waals surface area contributed by atoms with E-state index in [1.807, 2.05) is 30.0 Å². The Balaban J connectivity index is 1.81. The van der Waals surface area contributed by atoms with Crippen LogP contribution in [-0.2, 0) is 17.6 Å². The summed E-state index contributed by atoms with van der Waals surface area (Å²) in [6.07, 6.45) is 2.77. The zero-order chi connectivity index (χ0) is 28.6. The number of halogens is 2. The first-order valence-electron chi connectivity index (χ1n) is 13.6. The molecule has 206 valence electrons. The van der Waals surface area contributed by atoms with Gasteiger partial charge in [0.2, 0.25) is 5.91 Å². The summed E-state index contributed by atoms with van der Waals surface area (Å²) in [7, 11) is 0. The summed E-state index contributed by atoms with van der Waals surface area (Å²) in [6, 6.07) is 16.0. The molecule has 40 heavy (non-hydrogen) atoms. The van der Waals surface area contributed by atoms with Crippen molar-refractivity contribution in [3.8, 4) is 16.8 Å². The van der Waals surface area contributed by atoms with Crippen LogP contribution in [0.15, 0.2) is 72.0 Å². The Morgan fingerprint density at radius 1 is 1.07 bits per heavy atom. The Hall–Kier alpha value is -3.97. The first-order valence-corrected chi connectivity index (χ1v) is 14.0. The molecule has 2 heterocycles. The highest BCUT2D eigenvalue weighted by Crippen LogP contribution is 2.38. The number of hydrogen-bond acceptors (Lipinski definition) is 4. The number of fused-ring (bicyclic) bond motifs is 1. The van der Waals surface area contributed by atoms with Gasteiger partial charge in [-0.25, -0.2) is 9.18 Å². The lowest BCUT2D eigenvalue weighted by atomic mass is 10.00. The summed E-state index contributed by atoms with van der Waals surface area (Å²) in [6.45, 7) is 11.1. The van der Waals surface area contributed by atoms with Crippen LogP contribution in [0, 0.1) is 5.82 Å². The zero-order valence-corrected chi connectivity index (χ0v) is 23.7. The third kappa shape index (κ3) is 4.79. The molecule has 1 aromatic heterocycles. The number of amides is 1. The molecule has 1 fully saturated rings. The van der Waals surface area contributed by atoms with Crippen molar-refractivity contribution in [2.45, 2.75) is 39.7 Å². The van der Waals surface area contributed by atoms with E-state index in [-0.39, 0.29) is 11.9 Å². The number of para-hydroxylation sites is 1. The van der Waals surface area contributed by atoms with E-state index in [0.717, 1.165) is 29.7 Å². The average molecular weight is 559 g/mol. The largest absolute Gasteiger partial charge is 0.354 e. The summed E-state index contributed by atoms with van der Waals surface area (Å²) >= 11 is 6.83. The third-order valence-corrected chi connectivity index (χ3v) is 8.01. The van der Waals surface area contributed by atoms with Crippen molar-refractivity contribution in [2.75, 3.05) is 24.5 Å². The van der Waals surface area contributed by atoms with Crippen LogP contribution in [0.2, 0.25) is 5.02 Å². The van der Waals surface area contributed by atoms with Crippen molar-refractivity contribution >= 4 is 34.2 Å². The average Bonchev–Trinajstić information content (AvgIpc) is 2.96. The lowest BCUT2D eigenvalue weighted by Gasteiger charge is -2.40. The topological polar surface area (TPSA) is 58.4 Å². The Morgan fingerprint density at radius 3 is 2.40 bits per heavy atom. The molecule has 5 rings (SSSR count). The quantitative estimate of drug-likeness (QED) is 0.265. The van der Waals surface area contributed by atoms with E-state index in [4.69, 9.17) is 11.6 Å². The maximum atomic E-state index is 15.0. The van der Waals surface area contributed by atoms with Gasteiger partial charge in [0, 0.05) is 47.2 Å². The molecule has 1 saturated heterocycles. The van der Waals surface area contributed by atoms with Gasteiger partial charge >= 0.3 is 5.69 Å². The SMILES string of the molecule is C=CC(=O)N1CCN(c2nc(=O)n(-c3c(CC)cccc3CC)c3cc(-c4ccccc4F)c(Cl)cc23)C(C)C1. The number of carbonyl (C=O) groups excluding carboxylic acids is 1.